The number of carbonyl (C=O) groups excluding carboxylic acids is 2. The fourth-order valence-corrected chi connectivity index (χ4v) is 3.83. The summed E-state index contributed by atoms with van der Waals surface area (Å²) < 4.78 is 26.6. The van der Waals surface area contributed by atoms with Crippen LogP contribution in [0.15, 0.2) is 30.5 Å². The molecule has 1 fully saturated rings. The summed E-state index contributed by atoms with van der Waals surface area (Å²) >= 11 is 0. The molecule has 2 amide bonds. The number of hydrogen-bond acceptors (Lipinski definition) is 2. The highest BCUT2D eigenvalue weighted by Gasteiger charge is 2.35. The van der Waals surface area contributed by atoms with E-state index in [2.05, 4.69) is 27.8 Å². The van der Waals surface area contributed by atoms with Gasteiger partial charge in [-0.15, -0.1) is 0 Å². The van der Waals surface area contributed by atoms with E-state index < -0.39 is 23.4 Å². The molecule has 1 saturated carbocycles. The normalized spacial score (nSPS) is 24.0. The van der Waals surface area contributed by atoms with E-state index in [1.54, 1.807) is 0 Å². The molecule has 4 rings (SSSR count). The van der Waals surface area contributed by atoms with Gasteiger partial charge < -0.3 is 15.6 Å². The third kappa shape index (κ3) is 2.90. The number of amides is 2. The molecule has 1 aromatic carbocycles. The zero-order chi connectivity index (χ0) is 17.6. The number of aromatic amines is 1. The second-order valence-electron chi connectivity index (χ2n) is 6.72. The number of H-pyrrole nitrogens is 1. The Bertz CT molecular complexity index is 890. The number of allylic oxidation sites excluding steroid dienone is 2. The first-order valence-electron chi connectivity index (χ1n) is 8.25. The van der Waals surface area contributed by atoms with Crippen LogP contribution < -0.4 is 10.6 Å². The van der Waals surface area contributed by atoms with Gasteiger partial charge >= 0.3 is 11.8 Å². The van der Waals surface area contributed by atoms with Crippen LogP contribution in [0.5, 0.6) is 0 Å². The molecule has 0 aliphatic heterocycles. The van der Waals surface area contributed by atoms with Gasteiger partial charge in [-0.25, -0.2) is 8.78 Å². The highest BCUT2D eigenvalue weighted by atomic mass is 19.2. The maximum atomic E-state index is 13.4. The molecule has 3 unspecified atom stereocenters. The van der Waals surface area contributed by atoms with Crippen molar-refractivity contribution in [2.75, 3.05) is 11.9 Å². The molecule has 25 heavy (non-hydrogen) atoms. The zero-order valence-corrected chi connectivity index (χ0v) is 13.3. The number of aromatic nitrogens is 1. The van der Waals surface area contributed by atoms with Gasteiger partial charge in [0.1, 0.15) is 0 Å². The Labute approximate surface area is 142 Å². The smallest absolute Gasteiger partial charge is 0.313 e. The molecule has 3 atom stereocenters. The Kier molecular flexibility index (Phi) is 3.78. The Morgan fingerprint density at radius 2 is 1.92 bits per heavy atom. The van der Waals surface area contributed by atoms with Crippen LogP contribution in [0.25, 0.3) is 10.9 Å². The lowest BCUT2D eigenvalue weighted by atomic mass is 9.94. The van der Waals surface area contributed by atoms with Crippen LogP contribution in [0.2, 0.25) is 0 Å². The molecule has 130 valence electrons. The van der Waals surface area contributed by atoms with Crippen LogP contribution in [0.1, 0.15) is 12.8 Å². The van der Waals surface area contributed by atoms with Crippen LogP contribution in [-0.2, 0) is 9.59 Å². The van der Waals surface area contributed by atoms with Gasteiger partial charge in [0.05, 0.1) is 11.2 Å². The van der Waals surface area contributed by atoms with E-state index in [0.717, 1.165) is 25.0 Å². The molecular weight excluding hydrogens is 328 g/mol. The minimum atomic E-state index is -1.02. The largest absolute Gasteiger partial charge is 0.359 e. The van der Waals surface area contributed by atoms with Gasteiger partial charge in [0, 0.05) is 24.2 Å². The lowest BCUT2D eigenvalue weighted by Crippen LogP contribution is -2.38. The topological polar surface area (TPSA) is 74.0 Å². The van der Waals surface area contributed by atoms with E-state index in [9.17, 15) is 18.4 Å². The average Bonchev–Trinajstić information content (AvgIpc) is 3.30. The van der Waals surface area contributed by atoms with Crippen molar-refractivity contribution in [3.05, 3.63) is 42.1 Å². The second-order valence-corrected chi connectivity index (χ2v) is 6.72. The van der Waals surface area contributed by atoms with Crippen molar-refractivity contribution in [2.24, 2.45) is 17.8 Å². The van der Waals surface area contributed by atoms with Crippen LogP contribution in [-0.4, -0.2) is 23.3 Å². The SMILES string of the molecule is O=C(NCC1CC2C=CC1C2)C(=O)Nc1c[nH]c2cc(F)c(F)cc12. The fraction of sp³-hybridized carbons (Fsp3) is 0.333. The predicted octanol–water partition coefficient (Wildman–Crippen LogP) is 2.71. The summed E-state index contributed by atoms with van der Waals surface area (Å²) in [6.07, 6.45) is 7.97. The predicted molar refractivity (Wildman–Crippen MR) is 88.7 cm³/mol. The molecular formula is C18H17F2N3O2. The van der Waals surface area contributed by atoms with E-state index in [1.807, 2.05) is 0 Å². The van der Waals surface area contributed by atoms with Gasteiger partial charge in [-0.1, -0.05) is 12.2 Å². The molecule has 0 spiro atoms. The third-order valence-electron chi connectivity index (χ3n) is 5.12. The van der Waals surface area contributed by atoms with Gasteiger partial charge in [-0.2, -0.15) is 0 Å². The Morgan fingerprint density at radius 1 is 1.12 bits per heavy atom. The van der Waals surface area contributed by atoms with Crippen molar-refractivity contribution in [2.45, 2.75) is 12.8 Å². The molecule has 7 heteroatoms. The molecule has 3 N–H and O–H groups in total. The second kappa shape index (κ2) is 5.98. The van der Waals surface area contributed by atoms with Crippen LogP contribution in [0, 0.1) is 29.4 Å². The van der Waals surface area contributed by atoms with E-state index in [0.29, 0.717) is 35.2 Å². The first-order valence-corrected chi connectivity index (χ1v) is 8.25. The van der Waals surface area contributed by atoms with Crippen molar-refractivity contribution >= 4 is 28.4 Å². The van der Waals surface area contributed by atoms with E-state index in [4.69, 9.17) is 0 Å². The summed E-state index contributed by atoms with van der Waals surface area (Å²) in [5, 5.41) is 5.40. The zero-order valence-electron chi connectivity index (χ0n) is 13.3. The van der Waals surface area contributed by atoms with Crippen LogP contribution >= 0.6 is 0 Å². The fourth-order valence-electron chi connectivity index (χ4n) is 3.83. The Hall–Kier alpha value is -2.70. The molecule has 2 aliphatic carbocycles. The number of nitrogens with one attached hydrogen (secondary N) is 3. The quantitative estimate of drug-likeness (QED) is 0.591. The van der Waals surface area contributed by atoms with Gasteiger partial charge in [0.15, 0.2) is 11.6 Å². The minimum absolute atomic E-state index is 0.233. The summed E-state index contributed by atoms with van der Waals surface area (Å²) in [6, 6.07) is 1.99. The molecule has 5 nitrogen and oxygen atoms in total. The van der Waals surface area contributed by atoms with Gasteiger partial charge in [-0.3, -0.25) is 9.59 Å². The lowest BCUT2D eigenvalue weighted by Gasteiger charge is -2.18. The van der Waals surface area contributed by atoms with Crippen LogP contribution in [0.3, 0.4) is 0 Å². The van der Waals surface area contributed by atoms with Gasteiger partial charge in [0.25, 0.3) is 0 Å². The number of fused-ring (bicyclic) bond motifs is 3. The first-order chi connectivity index (χ1) is 12.0. The maximum absolute atomic E-state index is 13.4. The number of rotatable bonds is 3. The number of benzene rings is 1. The molecule has 0 saturated heterocycles. The van der Waals surface area contributed by atoms with Gasteiger partial charge in [0.2, 0.25) is 0 Å². The number of hydrogen-bond donors (Lipinski definition) is 3. The van der Waals surface area contributed by atoms with Gasteiger partial charge in [-0.05, 0) is 36.7 Å². The standard InChI is InChI=1S/C18H17F2N3O2/c19-13-5-12-15(6-14(13)20)21-8-16(12)23-18(25)17(24)22-7-11-4-9-1-2-10(11)3-9/h1-2,5-6,8-11,21H,3-4,7H2,(H,22,24)(H,23,25). The van der Waals surface area contributed by atoms with Crippen molar-refractivity contribution in [3.63, 3.8) is 0 Å². The minimum Gasteiger partial charge on any atom is -0.359 e. The van der Waals surface area contributed by atoms with E-state index in [1.165, 1.54) is 6.20 Å². The van der Waals surface area contributed by atoms with Crippen molar-refractivity contribution < 1.29 is 18.4 Å². The average molecular weight is 345 g/mol. The van der Waals surface area contributed by atoms with Crippen molar-refractivity contribution in [1.29, 1.82) is 0 Å². The molecule has 2 aliphatic rings. The lowest BCUT2D eigenvalue weighted by molar-refractivity contribution is -0.136. The van der Waals surface area contributed by atoms with E-state index >= 15 is 0 Å². The molecule has 1 heterocycles. The molecule has 2 aromatic rings. The highest BCUT2D eigenvalue weighted by Crippen LogP contribution is 2.42. The van der Waals surface area contributed by atoms with Crippen LogP contribution in [0.4, 0.5) is 14.5 Å². The highest BCUT2D eigenvalue weighted by molar-refractivity contribution is 6.40. The number of carbonyl (C=O) groups is 2. The summed E-state index contributed by atoms with van der Waals surface area (Å²) in [7, 11) is 0. The van der Waals surface area contributed by atoms with E-state index in [-0.39, 0.29) is 5.69 Å². The monoisotopic (exact) mass is 345 g/mol. The number of anilines is 1. The molecule has 1 aromatic heterocycles. The summed E-state index contributed by atoms with van der Waals surface area (Å²) in [6.45, 7) is 0.464. The summed E-state index contributed by atoms with van der Waals surface area (Å²) in [5.41, 5.74) is 0.570. The molecule has 2 bridgehead atoms. The Morgan fingerprint density at radius 3 is 2.64 bits per heavy atom. The van der Waals surface area contributed by atoms with Crippen molar-refractivity contribution in [1.82, 2.24) is 10.3 Å². The van der Waals surface area contributed by atoms with Crippen molar-refractivity contribution in [3.8, 4) is 0 Å². The Balaban J connectivity index is 1.39. The third-order valence-corrected chi connectivity index (χ3v) is 5.12. The maximum Gasteiger partial charge on any atom is 0.313 e. The summed E-state index contributed by atoms with van der Waals surface area (Å²) in [4.78, 5) is 26.8. The number of halogens is 2. The summed E-state index contributed by atoms with van der Waals surface area (Å²) in [5.74, 6) is -2.10. The molecule has 0 radical (unpaired) electrons. The first kappa shape index (κ1) is 15.8.